The first kappa shape index (κ1) is 11.4. The van der Waals surface area contributed by atoms with Gasteiger partial charge in [-0.1, -0.05) is 12.8 Å². The molecule has 15 heavy (non-hydrogen) atoms. The predicted molar refractivity (Wildman–Crippen MR) is 60.0 cm³/mol. The highest BCUT2D eigenvalue weighted by Gasteiger charge is 2.25. The zero-order valence-corrected chi connectivity index (χ0v) is 9.71. The Bertz CT molecular complexity index is 180. The molecule has 1 saturated carbocycles. The van der Waals surface area contributed by atoms with Crippen LogP contribution in [-0.4, -0.2) is 39.0 Å². The average Bonchev–Trinajstić information content (AvgIpc) is 2.79. The van der Waals surface area contributed by atoms with Crippen LogP contribution in [0, 0.1) is 5.92 Å². The number of hydrogen-bond donors (Lipinski definition) is 1. The lowest BCUT2D eigenvalue weighted by Gasteiger charge is -2.31. The summed E-state index contributed by atoms with van der Waals surface area (Å²) < 4.78 is 10.9. The molecule has 0 radical (unpaired) electrons. The molecule has 2 fully saturated rings. The van der Waals surface area contributed by atoms with E-state index in [0.29, 0.717) is 12.1 Å². The molecule has 0 amide bonds. The fourth-order valence-corrected chi connectivity index (χ4v) is 2.67. The highest BCUT2D eigenvalue weighted by Crippen LogP contribution is 2.21. The van der Waals surface area contributed by atoms with Crippen molar-refractivity contribution < 1.29 is 9.47 Å². The van der Waals surface area contributed by atoms with E-state index in [2.05, 4.69) is 5.32 Å². The lowest BCUT2D eigenvalue weighted by Crippen LogP contribution is -2.44. The Morgan fingerprint density at radius 3 is 2.87 bits per heavy atom. The van der Waals surface area contributed by atoms with Gasteiger partial charge in [-0.15, -0.1) is 0 Å². The normalized spacial score (nSPS) is 37.0. The van der Waals surface area contributed by atoms with E-state index in [1.165, 1.54) is 32.1 Å². The zero-order valence-electron chi connectivity index (χ0n) is 9.71. The van der Waals surface area contributed by atoms with Gasteiger partial charge in [0.25, 0.3) is 0 Å². The highest BCUT2D eigenvalue weighted by atomic mass is 16.5. The summed E-state index contributed by atoms with van der Waals surface area (Å²) in [5.74, 6) is 0.726. The summed E-state index contributed by atoms with van der Waals surface area (Å²) in [6, 6.07) is 0.573. The molecule has 0 spiro atoms. The maximum Gasteiger partial charge on any atom is 0.0724 e. The topological polar surface area (TPSA) is 30.5 Å². The van der Waals surface area contributed by atoms with E-state index in [1.807, 2.05) is 7.11 Å². The Hall–Kier alpha value is -0.120. The molecular formula is C12H23NO2. The van der Waals surface area contributed by atoms with E-state index in [1.54, 1.807) is 0 Å². The van der Waals surface area contributed by atoms with Crippen LogP contribution >= 0.6 is 0 Å². The molecule has 88 valence electrons. The van der Waals surface area contributed by atoms with Crippen molar-refractivity contribution in [1.29, 1.82) is 0 Å². The molecule has 3 nitrogen and oxygen atoms in total. The van der Waals surface area contributed by atoms with E-state index in [4.69, 9.17) is 9.47 Å². The second-order valence-electron chi connectivity index (χ2n) is 4.80. The third-order valence-corrected chi connectivity index (χ3v) is 3.70. The van der Waals surface area contributed by atoms with Crippen molar-refractivity contribution in [2.75, 3.05) is 26.9 Å². The third-order valence-electron chi connectivity index (χ3n) is 3.70. The van der Waals surface area contributed by atoms with Crippen LogP contribution in [0.25, 0.3) is 0 Å². The number of hydrogen-bond acceptors (Lipinski definition) is 3. The molecule has 1 aliphatic heterocycles. The van der Waals surface area contributed by atoms with Crippen molar-refractivity contribution in [2.24, 2.45) is 5.92 Å². The fourth-order valence-electron chi connectivity index (χ4n) is 2.67. The van der Waals surface area contributed by atoms with E-state index in [-0.39, 0.29) is 0 Å². The molecule has 1 saturated heterocycles. The minimum absolute atomic E-state index is 0.432. The van der Waals surface area contributed by atoms with Crippen LogP contribution < -0.4 is 5.32 Å². The van der Waals surface area contributed by atoms with Gasteiger partial charge in [0.05, 0.1) is 12.7 Å². The molecular weight excluding hydrogens is 190 g/mol. The minimum Gasteiger partial charge on any atom is -0.381 e. The first-order valence-electron chi connectivity index (χ1n) is 6.24. The van der Waals surface area contributed by atoms with Crippen LogP contribution in [0.3, 0.4) is 0 Å². The smallest absolute Gasteiger partial charge is 0.0724 e. The largest absolute Gasteiger partial charge is 0.381 e. The Morgan fingerprint density at radius 2 is 2.13 bits per heavy atom. The Kier molecular flexibility index (Phi) is 4.42. The summed E-state index contributed by atoms with van der Waals surface area (Å²) in [6.07, 6.45) is 6.81. The summed E-state index contributed by atoms with van der Waals surface area (Å²) in [5, 5.41) is 3.66. The monoisotopic (exact) mass is 213 g/mol. The summed E-state index contributed by atoms with van der Waals surface area (Å²) in [6.45, 7) is 2.99. The molecule has 0 bridgehead atoms. The molecule has 0 aromatic heterocycles. The van der Waals surface area contributed by atoms with Crippen LogP contribution in [0.2, 0.25) is 0 Å². The lowest BCUT2D eigenvalue weighted by molar-refractivity contribution is 0.0403. The molecule has 1 aliphatic carbocycles. The summed E-state index contributed by atoms with van der Waals surface area (Å²) in [7, 11) is 1.84. The van der Waals surface area contributed by atoms with Crippen molar-refractivity contribution >= 4 is 0 Å². The quantitative estimate of drug-likeness (QED) is 0.769. The molecule has 2 rings (SSSR count). The number of nitrogens with one attached hydrogen (secondary N) is 1. The molecule has 1 heterocycles. The van der Waals surface area contributed by atoms with Crippen LogP contribution in [0.15, 0.2) is 0 Å². The van der Waals surface area contributed by atoms with E-state index in [0.717, 1.165) is 25.7 Å². The van der Waals surface area contributed by atoms with Gasteiger partial charge < -0.3 is 14.8 Å². The third kappa shape index (κ3) is 3.16. The maximum absolute atomic E-state index is 5.53. The molecule has 3 unspecified atom stereocenters. The van der Waals surface area contributed by atoms with Crippen molar-refractivity contribution in [1.82, 2.24) is 5.32 Å². The number of methoxy groups -OCH3 is 1. The van der Waals surface area contributed by atoms with Crippen molar-refractivity contribution in [3.05, 3.63) is 0 Å². The summed E-state index contributed by atoms with van der Waals surface area (Å²) >= 11 is 0. The Labute approximate surface area is 92.5 Å². The van der Waals surface area contributed by atoms with Gasteiger partial charge in [-0.25, -0.2) is 0 Å². The van der Waals surface area contributed by atoms with Gasteiger partial charge in [0.15, 0.2) is 0 Å². The zero-order chi connectivity index (χ0) is 10.5. The standard InChI is InChI=1S/C12H23NO2/c1-14-12-5-3-2-4-11(12)13-8-10-6-7-15-9-10/h10-13H,2-9H2,1H3. The molecule has 1 N–H and O–H groups in total. The maximum atomic E-state index is 5.53. The van der Waals surface area contributed by atoms with E-state index < -0.39 is 0 Å². The van der Waals surface area contributed by atoms with Crippen LogP contribution in [0.1, 0.15) is 32.1 Å². The first-order chi connectivity index (χ1) is 7.40. The van der Waals surface area contributed by atoms with Crippen LogP contribution in [0.5, 0.6) is 0 Å². The van der Waals surface area contributed by atoms with Crippen molar-refractivity contribution in [3.63, 3.8) is 0 Å². The number of rotatable bonds is 4. The van der Waals surface area contributed by atoms with Gasteiger partial charge in [-0.2, -0.15) is 0 Å². The van der Waals surface area contributed by atoms with E-state index in [9.17, 15) is 0 Å². The molecule has 3 atom stereocenters. The minimum atomic E-state index is 0.432. The predicted octanol–water partition coefficient (Wildman–Crippen LogP) is 1.57. The molecule has 2 aliphatic rings. The van der Waals surface area contributed by atoms with Gasteiger partial charge >= 0.3 is 0 Å². The average molecular weight is 213 g/mol. The van der Waals surface area contributed by atoms with Gasteiger partial charge in [0.2, 0.25) is 0 Å². The van der Waals surface area contributed by atoms with Gasteiger partial charge in [0, 0.05) is 26.3 Å². The van der Waals surface area contributed by atoms with Crippen molar-refractivity contribution in [2.45, 2.75) is 44.2 Å². The van der Waals surface area contributed by atoms with Gasteiger partial charge in [-0.05, 0) is 25.2 Å². The van der Waals surface area contributed by atoms with Crippen LogP contribution in [0.4, 0.5) is 0 Å². The Morgan fingerprint density at radius 1 is 1.27 bits per heavy atom. The van der Waals surface area contributed by atoms with Gasteiger partial charge in [0.1, 0.15) is 0 Å². The SMILES string of the molecule is COC1CCCCC1NCC1CCOC1. The lowest BCUT2D eigenvalue weighted by atomic mass is 9.92. The van der Waals surface area contributed by atoms with E-state index >= 15 is 0 Å². The van der Waals surface area contributed by atoms with Gasteiger partial charge in [-0.3, -0.25) is 0 Å². The van der Waals surface area contributed by atoms with Crippen LogP contribution in [-0.2, 0) is 9.47 Å². The second-order valence-corrected chi connectivity index (χ2v) is 4.80. The summed E-state index contributed by atoms with van der Waals surface area (Å²) in [4.78, 5) is 0. The second kappa shape index (κ2) is 5.83. The first-order valence-corrected chi connectivity index (χ1v) is 6.24. The Balaban J connectivity index is 1.71. The number of ether oxygens (including phenoxy) is 2. The molecule has 0 aromatic carbocycles. The highest BCUT2D eigenvalue weighted by molar-refractivity contribution is 4.82. The molecule has 0 aromatic rings. The molecule has 3 heteroatoms. The summed E-state index contributed by atoms with van der Waals surface area (Å²) in [5.41, 5.74) is 0. The van der Waals surface area contributed by atoms with Crippen molar-refractivity contribution in [3.8, 4) is 0 Å². The fraction of sp³-hybridized carbons (Fsp3) is 1.00.